The molecular formula is C30H35FN4O2. The van der Waals surface area contributed by atoms with Gasteiger partial charge in [-0.1, -0.05) is 50.2 Å². The van der Waals surface area contributed by atoms with Crippen molar-refractivity contribution in [3.63, 3.8) is 0 Å². The molecule has 3 aromatic rings. The van der Waals surface area contributed by atoms with Crippen molar-refractivity contribution in [3.8, 4) is 0 Å². The number of amides is 3. The van der Waals surface area contributed by atoms with Gasteiger partial charge in [-0.2, -0.15) is 0 Å². The molecule has 3 aromatic carbocycles. The Balaban J connectivity index is 1.46. The molecule has 0 aromatic heterocycles. The third-order valence-corrected chi connectivity index (χ3v) is 6.57. The van der Waals surface area contributed by atoms with Crippen molar-refractivity contribution >= 4 is 29.0 Å². The Hall–Kier alpha value is -3.87. The van der Waals surface area contributed by atoms with Crippen molar-refractivity contribution in [1.82, 2.24) is 5.32 Å². The third kappa shape index (κ3) is 7.56. The SMILES string of the molecule is CC(C)CNC(=O)c1cc(NC(=O)Nc2cccc(F)c2)ccc1N1CCC(Cc2ccccc2)CC1. The summed E-state index contributed by atoms with van der Waals surface area (Å²) in [6.45, 7) is 6.40. The molecule has 7 heteroatoms. The van der Waals surface area contributed by atoms with Crippen molar-refractivity contribution in [2.45, 2.75) is 33.1 Å². The van der Waals surface area contributed by atoms with E-state index in [0.29, 0.717) is 35.3 Å². The first-order chi connectivity index (χ1) is 17.9. The second-order valence-corrected chi connectivity index (χ2v) is 10.0. The molecule has 194 valence electrons. The molecular weight excluding hydrogens is 467 g/mol. The van der Waals surface area contributed by atoms with Gasteiger partial charge in [0.1, 0.15) is 5.82 Å². The van der Waals surface area contributed by atoms with Crippen LogP contribution in [-0.2, 0) is 6.42 Å². The van der Waals surface area contributed by atoms with Gasteiger partial charge in [0, 0.05) is 36.7 Å². The number of hydrogen-bond acceptors (Lipinski definition) is 3. The number of urea groups is 1. The van der Waals surface area contributed by atoms with Gasteiger partial charge in [0.25, 0.3) is 5.91 Å². The largest absolute Gasteiger partial charge is 0.371 e. The number of piperidine rings is 1. The van der Waals surface area contributed by atoms with Gasteiger partial charge in [-0.25, -0.2) is 9.18 Å². The molecule has 0 radical (unpaired) electrons. The molecule has 3 N–H and O–H groups in total. The van der Waals surface area contributed by atoms with Crippen LogP contribution < -0.4 is 20.9 Å². The number of anilines is 3. The predicted octanol–water partition coefficient (Wildman–Crippen LogP) is 6.31. The quantitative estimate of drug-likeness (QED) is 0.338. The van der Waals surface area contributed by atoms with Crippen LogP contribution in [0, 0.1) is 17.7 Å². The smallest absolute Gasteiger partial charge is 0.323 e. The van der Waals surface area contributed by atoms with E-state index in [4.69, 9.17) is 0 Å². The zero-order chi connectivity index (χ0) is 26.2. The fraction of sp³-hybridized carbons (Fsp3) is 0.333. The molecule has 0 atom stereocenters. The maximum Gasteiger partial charge on any atom is 0.323 e. The van der Waals surface area contributed by atoms with E-state index in [1.54, 1.807) is 18.2 Å². The molecule has 0 bridgehead atoms. The van der Waals surface area contributed by atoms with Crippen molar-refractivity contribution in [2.75, 3.05) is 35.2 Å². The summed E-state index contributed by atoms with van der Waals surface area (Å²) in [7, 11) is 0. The van der Waals surface area contributed by atoms with Gasteiger partial charge in [-0.15, -0.1) is 0 Å². The Bertz CT molecular complexity index is 1210. The van der Waals surface area contributed by atoms with Crippen molar-refractivity contribution in [3.05, 3.63) is 89.7 Å². The first-order valence-corrected chi connectivity index (χ1v) is 12.9. The maximum absolute atomic E-state index is 13.4. The van der Waals surface area contributed by atoms with E-state index in [1.165, 1.54) is 23.8 Å². The van der Waals surface area contributed by atoms with Crippen LogP contribution in [0.2, 0.25) is 0 Å². The third-order valence-electron chi connectivity index (χ3n) is 6.57. The van der Waals surface area contributed by atoms with Gasteiger partial charge >= 0.3 is 6.03 Å². The number of nitrogens with one attached hydrogen (secondary N) is 3. The normalized spacial score (nSPS) is 13.9. The average molecular weight is 503 g/mol. The number of hydrogen-bond donors (Lipinski definition) is 3. The fourth-order valence-electron chi connectivity index (χ4n) is 4.65. The lowest BCUT2D eigenvalue weighted by molar-refractivity contribution is 0.0949. The van der Waals surface area contributed by atoms with E-state index in [1.807, 2.05) is 26.0 Å². The van der Waals surface area contributed by atoms with Crippen molar-refractivity contribution in [1.29, 1.82) is 0 Å². The number of benzene rings is 3. The van der Waals surface area contributed by atoms with Gasteiger partial charge in [0.05, 0.1) is 5.56 Å². The van der Waals surface area contributed by atoms with Gasteiger partial charge in [-0.05, 0) is 73.1 Å². The van der Waals surface area contributed by atoms with Crippen molar-refractivity contribution in [2.24, 2.45) is 11.8 Å². The molecule has 4 rings (SSSR count). The van der Waals surface area contributed by atoms with E-state index in [9.17, 15) is 14.0 Å². The summed E-state index contributed by atoms with van der Waals surface area (Å²) >= 11 is 0. The summed E-state index contributed by atoms with van der Waals surface area (Å²) in [4.78, 5) is 27.9. The van der Waals surface area contributed by atoms with Crippen molar-refractivity contribution < 1.29 is 14.0 Å². The molecule has 1 aliphatic rings. The zero-order valence-corrected chi connectivity index (χ0v) is 21.5. The fourth-order valence-corrected chi connectivity index (χ4v) is 4.65. The van der Waals surface area contributed by atoms with Crippen LogP contribution in [0.5, 0.6) is 0 Å². The molecule has 0 aliphatic carbocycles. The van der Waals surface area contributed by atoms with Crippen LogP contribution in [-0.4, -0.2) is 31.6 Å². The number of rotatable bonds is 8. The Morgan fingerprint density at radius 2 is 1.62 bits per heavy atom. The minimum atomic E-state index is -0.506. The molecule has 3 amide bonds. The number of carbonyl (C=O) groups excluding carboxylic acids is 2. The van der Waals surface area contributed by atoms with Crippen LogP contribution in [0.3, 0.4) is 0 Å². The molecule has 1 heterocycles. The minimum absolute atomic E-state index is 0.163. The summed E-state index contributed by atoms with van der Waals surface area (Å²) < 4.78 is 13.4. The molecule has 1 aliphatic heterocycles. The molecule has 6 nitrogen and oxygen atoms in total. The minimum Gasteiger partial charge on any atom is -0.371 e. The van der Waals surface area contributed by atoms with Gasteiger partial charge < -0.3 is 20.9 Å². The van der Waals surface area contributed by atoms with Crippen LogP contribution >= 0.6 is 0 Å². The van der Waals surface area contributed by atoms with Crippen LogP contribution in [0.25, 0.3) is 0 Å². The summed E-state index contributed by atoms with van der Waals surface area (Å²) in [5.41, 5.74) is 3.61. The van der Waals surface area contributed by atoms with Crippen LogP contribution in [0.1, 0.15) is 42.6 Å². The second kappa shape index (κ2) is 12.4. The molecule has 0 spiro atoms. The molecule has 37 heavy (non-hydrogen) atoms. The van der Waals surface area contributed by atoms with E-state index in [0.717, 1.165) is 38.0 Å². The van der Waals surface area contributed by atoms with Crippen LogP contribution in [0.15, 0.2) is 72.8 Å². The topological polar surface area (TPSA) is 73.5 Å². The lowest BCUT2D eigenvalue weighted by Gasteiger charge is -2.35. The monoisotopic (exact) mass is 502 g/mol. The Morgan fingerprint density at radius 1 is 0.919 bits per heavy atom. The summed E-state index contributed by atoms with van der Waals surface area (Å²) in [5, 5.41) is 8.40. The summed E-state index contributed by atoms with van der Waals surface area (Å²) in [5.74, 6) is 0.340. The number of carbonyl (C=O) groups is 2. The highest BCUT2D eigenvalue weighted by molar-refractivity contribution is 6.04. The van der Waals surface area contributed by atoms with Gasteiger partial charge in [-0.3, -0.25) is 4.79 Å². The van der Waals surface area contributed by atoms with E-state index >= 15 is 0 Å². The molecule has 1 saturated heterocycles. The Labute approximate surface area is 218 Å². The van der Waals surface area contributed by atoms with Gasteiger partial charge in [0.15, 0.2) is 0 Å². The first-order valence-electron chi connectivity index (χ1n) is 12.9. The Kier molecular flexibility index (Phi) is 8.77. The van der Waals surface area contributed by atoms with E-state index in [-0.39, 0.29) is 5.91 Å². The summed E-state index contributed by atoms with van der Waals surface area (Å²) in [6.07, 6.45) is 3.18. The first kappa shape index (κ1) is 26.2. The molecule has 1 fully saturated rings. The summed E-state index contributed by atoms with van der Waals surface area (Å²) in [6, 6.07) is 21.2. The maximum atomic E-state index is 13.4. The highest BCUT2D eigenvalue weighted by Gasteiger charge is 2.24. The standard InChI is InChI=1S/C30H35FN4O2/c1-21(2)20-32-29(36)27-19-26(34-30(37)33-25-10-6-9-24(31)18-25)11-12-28(27)35-15-13-23(14-16-35)17-22-7-4-3-5-8-22/h3-12,18-19,21,23H,13-17,20H2,1-2H3,(H,32,36)(H2,33,34,37). The Morgan fingerprint density at radius 3 is 2.30 bits per heavy atom. The zero-order valence-electron chi connectivity index (χ0n) is 21.5. The molecule has 0 unspecified atom stereocenters. The van der Waals surface area contributed by atoms with E-state index < -0.39 is 11.8 Å². The average Bonchev–Trinajstić information content (AvgIpc) is 2.88. The van der Waals surface area contributed by atoms with Gasteiger partial charge in [0.2, 0.25) is 0 Å². The highest BCUT2D eigenvalue weighted by Crippen LogP contribution is 2.30. The number of halogens is 1. The lowest BCUT2D eigenvalue weighted by atomic mass is 9.89. The lowest BCUT2D eigenvalue weighted by Crippen LogP contribution is -2.36. The van der Waals surface area contributed by atoms with Crippen LogP contribution in [0.4, 0.5) is 26.2 Å². The molecule has 0 saturated carbocycles. The van der Waals surface area contributed by atoms with E-state index in [2.05, 4.69) is 45.1 Å². The highest BCUT2D eigenvalue weighted by atomic mass is 19.1. The second-order valence-electron chi connectivity index (χ2n) is 10.0. The number of nitrogens with zero attached hydrogens (tertiary/aromatic N) is 1. The predicted molar refractivity (Wildman–Crippen MR) is 148 cm³/mol.